The summed E-state index contributed by atoms with van der Waals surface area (Å²) in [6, 6.07) is 7.57. The largest absolute Gasteiger partial charge is 0.497 e. The van der Waals surface area contributed by atoms with Gasteiger partial charge in [-0.3, -0.25) is 9.98 Å². The van der Waals surface area contributed by atoms with Crippen molar-refractivity contribution in [2.75, 3.05) is 7.11 Å². The first-order valence-corrected chi connectivity index (χ1v) is 5.39. The Morgan fingerprint density at radius 1 is 1.22 bits per heavy atom. The number of aromatic amines is 1. The Balaban J connectivity index is 2.21. The van der Waals surface area contributed by atoms with Crippen molar-refractivity contribution in [3.63, 3.8) is 0 Å². The normalized spacial score (nSPS) is 10.7. The molecule has 0 amide bonds. The quantitative estimate of drug-likeness (QED) is 0.708. The number of benzene rings is 1. The summed E-state index contributed by atoms with van der Waals surface area (Å²) >= 11 is 0. The molecule has 0 fully saturated rings. The zero-order valence-corrected chi connectivity index (χ0v) is 9.71. The highest BCUT2D eigenvalue weighted by atomic mass is 16.5. The molecule has 0 aliphatic carbocycles. The van der Waals surface area contributed by atoms with E-state index < -0.39 is 0 Å². The van der Waals surface area contributed by atoms with Gasteiger partial charge in [0, 0.05) is 5.69 Å². The van der Waals surface area contributed by atoms with E-state index in [1.54, 1.807) is 19.8 Å². The predicted molar refractivity (Wildman–Crippen MR) is 65.6 cm³/mol. The van der Waals surface area contributed by atoms with Crippen molar-refractivity contribution in [1.82, 2.24) is 19.5 Å². The maximum atomic E-state index is 7.69. The molecule has 6 nitrogen and oxygen atoms in total. The molecule has 2 aromatic heterocycles. The first kappa shape index (κ1) is 10.5. The van der Waals surface area contributed by atoms with Crippen molar-refractivity contribution in [1.29, 1.82) is 5.41 Å². The third-order valence-electron chi connectivity index (χ3n) is 2.74. The van der Waals surface area contributed by atoms with E-state index in [2.05, 4.69) is 15.0 Å². The number of aromatic nitrogens is 4. The Morgan fingerprint density at radius 2 is 2.00 bits per heavy atom. The number of methoxy groups -OCH3 is 1. The van der Waals surface area contributed by atoms with Crippen LogP contribution >= 0.6 is 0 Å². The average Bonchev–Trinajstić information content (AvgIpc) is 2.90. The zero-order chi connectivity index (χ0) is 12.5. The van der Waals surface area contributed by atoms with Crippen LogP contribution in [0.15, 0.2) is 36.9 Å². The molecule has 18 heavy (non-hydrogen) atoms. The van der Waals surface area contributed by atoms with Crippen LogP contribution in [-0.2, 0) is 0 Å². The van der Waals surface area contributed by atoms with Crippen LogP contribution in [0.5, 0.6) is 5.75 Å². The second-order valence-corrected chi connectivity index (χ2v) is 3.76. The summed E-state index contributed by atoms with van der Waals surface area (Å²) in [5.74, 6) is 0.794. The van der Waals surface area contributed by atoms with Crippen molar-refractivity contribution in [3.8, 4) is 11.4 Å². The lowest BCUT2D eigenvalue weighted by Crippen LogP contribution is -2.11. The molecule has 0 saturated heterocycles. The van der Waals surface area contributed by atoms with Crippen molar-refractivity contribution in [3.05, 3.63) is 42.4 Å². The number of H-pyrrole nitrogens is 1. The highest BCUT2D eigenvalue weighted by Crippen LogP contribution is 2.16. The SMILES string of the molecule is COc1ccc(-n2cnc(=N)c3[nH]cnc32)cc1. The fourth-order valence-corrected chi connectivity index (χ4v) is 1.81. The number of hydrogen-bond donors (Lipinski definition) is 2. The second kappa shape index (κ2) is 3.99. The van der Waals surface area contributed by atoms with Crippen LogP contribution in [0.4, 0.5) is 0 Å². The van der Waals surface area contributed by atoms with Gasteiger partial charge in [-0.15, -0.1) is 0 Å². The van der Waals surface area contributed by atoms with E-state index in [1.165, 1.54) is 0 Å². The van der Waals surface area contributed by atoms with E-state index in [4.69, 9.17) is 10.1 Å². The second-order valence-electron chi connectivity index (χ2n) is 3.76. The molecule has 0 radical (unpaired) electrons. The number of hydrogen-bond acceptors (Lipinski definition) is 4. The Hall–Kier alpha value is -2.63. The van der Waals surface area contributed by atoms with Crippen molar-refractivity contribution in [2.45, 2.75) is 0 Å². The zero-order valence-electron chi connectivity index (χ0n) is 9.71. The van der Waals surface area contributed by atoms with Gasteiger partial charge in [-0.05, 0) is 24.3 Å². The summed E-state index contributed by atoms with van der Waals surface area (Å²) in [6.07, 6.45) is 3.15. The molecule has 6 heteroatoms. The minimum atomic E-state index is 0.187. The van der Waals surface area contributed by atoms with Crippen LogP contribution in [0.1, 0.15) is 0 Å². The third kappa shape index (κ3) is 1.55. The Morgan fingerprint density at radius 3 is 2.72 bits per heavy atom. The minimum absolute atomic E-state index is 0.187. The van der Waals surface area contributed by atoms with Crippen molar-refractivity contribution >= 4 is 11.2 Å². The summed E-state index contributed by atoms with van der Waals surface area (Å²) < 4.78 is 6.94. The van der Waals surface area contributed by atoms with Gasteiger partial charge in [0.05, 0.1) is 13.4 Å². The molecule has 3 aromatic rings. The summed E-state index contributed by atoms with van der Waals surface area (Å²) in [5, 5.41) is 7.69. The van der Waals surface area contributed by atoms with Crippen LogP contribution < -0.4 is 10.2 Å². The Bertz CT molecular complexity index is 741. The molecule has 0 unspecified atom stereocenters. The van der Waals surface area contributed by atoms with Crippen molar-refractivity contribution < 1.29 is 4.74 Å². The highest BCUT2D eigenvalue weighted by Gasteiger charge is 2.06. The highest BCUT2D eigenvalue weighted by molar-refractivity contribution is 5.70. The van der Waals surface area contributed by atoms with Gasteiger partial charge in [0.2, 0.25) is 0 Å². The maximum absolute atomic E-state index is 7.69. The van der Waals surface area contributed by atoms with Crippen LogP contribution in [-0.4, -0.2) is 26.6 Å². The lowest BCUT2D eigenvalue weighted by molar-refractivity contribution is 0.415. The lowest BCUT2D eigenvalue weighted by Gasteiger charge is -2.07. The average molecular weight is 241 g/mol. The van der Waals surface area contributed by atoms with E-state index in [0.717, 1.165) is 11.4 Å². The number of rotatable bonds is 2. The molecule has 0 bridgehead atoms. The van der Waals surface area contributed by atoms with Gasteiger partial charge in [0.25, 0.3) is 0 Å². The topological polar surface area (TPSA) is 79.6 Å². The number of fused-ring (bicyclic) bond motifs is 1. The molecule has 0 aliphatic heterocycles. The van der Waals surface area contributed by atoms with Gasteiger partial charge < -0.3 is 9.72 Å². The fraction of sp³-hybridized carbons (Fsp3) is 0.0833. The number of ether oxygens (including phenoxy) is 1. The molecular weight excluding hydrogens is 230 g/mol. The summed E-state index contributed by atoms with van der Waals surface area (Å²) in [7, 11) is 1.63. The van der Waals surface area contributed by atoms with Crippen LogP contribution in [0.25, 0.3) is 16.9 Å². The standard InChI is InChI=1S/C12H11N5O/c1-18-9-4-2-8(3-5-9)17-7-16-11(13)10-12(17)15-6-14-10/h2-7,13H,1H3,(H,14,15). The lowest BCUT2D eigenvalue weighted by atomic mass is 10.3. The molecule has 2 heterocycles. The van der Waals surface area contributed by atoms with Gasteiger partial charge in [-0.25, -0.2) is 9.97 Å². The van der Waals surface area contributed by atoms with Gasteiger partial charge in [-0.1, -0.05) is 0 Å². The first-order chi connectivity index (χ1) is 8.79. The smallest absolute Gasteiger partial charge is 0.173 e. The molecule has 1 aromatic carbocycles. The van der Waals surface area contributed by atoms with E-state index in [0.29, 0.717) is 11.2 Å². The summed E-state index contributed by atoms with van der Waals surface area (Å²) in [6.45, 7) is 0. The van der Waals surface area contributed by atoms with Gasteiger partial charge in [0.15, 0.2) is 11.1 Å². The summed E-state index contributed by atoms with van der Waals surface area (Å²) in [4.78, 5) is 11.2. The number of nitrogens with zero attached hydrogens (tertiary/aromatic N) is 3. The van der Waals surface area contributed by atoms with E-state index in [9.17, 15) is 0 Å². The molecule has 90 valence electrons. The van der Waals surface area contributed by atoms with Crippen LogP contribution in [0, 0.1) is 5.41 Å². The molecule has 0 atom stereocenters. The molecule has 0 saturated carbocycles. The van der Waals surface area contributed by atoms with Gasteiger partial charge >= 0.3 is 0 Å². The number of imidazole rings is 1. The van der Waals surface area contributed by atoms with E-state index in [1.807, 2.05) is 28.8 Å². The monoisotopic (exact) mass is 241 g/mol. The molecular formula is C12H11N5O. The first-order valence-electron chi connectivity index (χ1n) is 5.39. The van der Waals surface area contributed by atoms with Crippen molar-refractivity contribution in [2.24, 2.45) is 0 Å². The molecule has 3 rings (SSSR count). The third-order valence-corrected chi connectivity index (χ3v) is 2.74. The maximum Gasteiger partial charge on any atom is 0.173 e. The Kier molecular flexibility index (Phi) is 2.33. The number of nitrogens with one attached hydrogen (secondary N) is 2. The minimum Gasteiger partial charge on any atom is -0.497 e. The predicted octanol–water partition coefficient (Wildman–Crippen LogP) is 1.24. The molecule has 0 aliphatic rings. The van der Waals surface area contributed by atoms with Crippen LogP contribution in [0.3, 0.4) is 0 Å². The van der Waals surface area contributed by atoms with Crippen LogP contribution in [0.2, 0.25) is 0 Å². The molecule has 2 N–H and O–H groups in total. The van der Waals surface area contributed by atoms with E-state index in [-0.39, 0.29) is 5.49 Å². The summed E-state index contributed by atoms with van der Waals surface area (Å²) in [5.41, 5.74) is 2.40. The molecule has 0 spiro atoms. The van der Waals surface area contributed by atoms with E-state index >= 15 is 0 Å². The fourth-order valence-electron chi connectivity index (χ4n) is 1.81. The van der Waals surface area contributed by atoms with Gasteiger partial charge in [0.1, 0.15) is 17.6 Å². The van der Waals surface area contributed by atoms with Gasteiger partial charge in [-0.2, -0.15) is 0 Å². The Labute approximate surface area is 102 Å².